The SMILES string of the molecule is COC(=O)c1cc(C(=O)Nc2nnc(C3CC(=O)N(c4ccc(Cl)cc4)C3)s2)cc([N+](=O)[O-])c1. The number of ether oxygens (including phenoxy) is 1. The molecular weight excluding hydrogens is 486 g/mol. The van der Waals surface area contributed by atoms with Gasteiger partial charge in [0.05, 0.1) is 17.6 Å². The van der Waals surface area contributed by atoms with Gasteiger partial charge in [-0.1, -0.05) is 22.9 Å². The zero-order valence-corrected chi connectivity index (χ0v) is 19.1. The van der Waals surface area contributed by atoms with E-state index in [1.807, 2.05) is 0 Å². The Bertz CT molecular complexity index is 1300. The molecule has 1 aliphatic heterocycles. The number of methoxy groups -OCH3 is 1. The molecule has 2 aromatic carbocycles. The molecule has 2 amide bonds. The Hall–Kier alpha value is -3.90. The summed E-state index contributed by atoms with van der Waals surface area (Å²) >= 11 is 7.01. The van der Waals surface area contributed by atoms with Crippen LogP contribution in [0.1, 0.15) is 38.1 Å². The Morgan fingerprint density at radius 3 is 2.59 bits per heavy atom. The average Bonchev–Trinajstić information content (AvgIpc) is 3.45. The van der Waals surface area contributed by atoms with Gasteiger partial charge in [0, 0.05) is 47.3 Å². The predicted molar refractivity (Wildman–Crippen MR) is 123 cm³/mol. The lowest BCUT2D eigenvalue weighted by atomic mass is 10.1. The van der Waals surface area contributed by atoms with Gasteiger partial charge < -0.3 is 9.64 Å². The fourth-order valence-corrected chi connectivity index (χ4v) is 4.40. The summed E-state index contributed by atoms with van der Waals surface area (Å²) in [7, 11) is 1.13. The highest BCUT2D eigenvalue weighted by Gasteiger charge is 2.34. The first kappa shape index (κ1) is 23.3. The minimum Gasteiger partial charge on any atom is -0.465 e. The fourth-order valence-electron chi connectivity index (χ4n) is 3.45. The van der Waals surface area contributed by atoms with Crippen molar-refractivity contribution < 1.29 is 24.0 Å². The van der Waals surface area contributed by atoms with Gasteiger partial charge in [-0.25, -0.2) is 4.79 Å². The molecule has 1 atom stereocenters. The highest BCUT2D eigenvalue weighted by Crippen LogP contribution is 2.34. The number of carbonyl (C=O) groups is 3. The summed E-state index contributed by atoms with van der Waals surface area (Å²) < 4.78 is 4.59. The number of rotatable bonds is 6. The third-order valence-corrected chi connectivity index (χ3v) is 6.34. The number of benzene rings is 2. The van der Waals surface area contributed by atoms with Crippen LogP contribution < -0.4 is 10.2 Å². The van der Waals surface area contributed by atoms with Crippen LogP contribution >= 0.6 is 22.9 Å². The van der Waals surface area contributed by atoms with E-state index in [1.165, 1.54) is 6.07 Å². The summed E-state index contributed by atoms with van der Waals surface area (Å²) in [5, 5.41) is 23.1. The average molecular weight is 502 g/mol. The number of hydrogen-bond acceptors (Lipinski definition) is 9. The van der Waals surface area contributed by atoms with Crippen molar-refractivity contribution in [3.8, 4) is 0 Å². The van der Waals surface area contributed by atoms with Crippen molar-refractivity contribution in [2.24, 2.45) is 0 Å². The van der Waals surface area contributed by atoms with E-state index < -0.39 is 22.5 Å². The largest absolute Gasteiger partial charge is 0.465 e. The van der Waals surface area contributed by atoms with Gasteiger partial charge in [-0.15, -0.1) is 10.2 Å². The number of hydrogen-bond donors (Lipinski definition) is 1. The van der Waals surface area contributed by atoms with E-state index in [-0.39, 0.29) is 34.5 Å². The molecule has 11 nitrogen and oxygen atoms in total. The minimum atomic E-state index is -0.813. The highest BCUT2D eigenvalue weighted by molar-refractivity contribution is 7.15. The molecule has 174 valence electrons. The smallest absolute Gasteiger partial charge is 0.338 e. The van der Waals surface area contributed by atoms with Gasteiger partial charge in [0.25, 0.3) is 11.6 Å². The van der Waals surface area contributed by atoms with Crippen molar-refractivity contribution in [1.82, 2.24) is 10.2 Å². The number of nitro benzene ring substituents is 1. The number of carbonyl (C=O) groups excluding carboxylic acids is 3. The van der Waals surface area contributed by atoms with E-state index in [0.717, 1.165) is 36.3 Å². The molecule has 0 spiro atoms. The highest BCUT2D eigenvalue weighted by atomic mass is 35.5. The van der Waals surface area contributed by atoms with Gasteiger partial charge in [0.15, 0.2) is 0 Å². The van der Waals surface area contributed by atoms with Crippen LogP contribution in [0.25, 0.3) is 0 Å². The van der Waals surface area contributed by atoms with Crippen molar-refractivity contribution >= 4 is 57.2 Å². The lowest BCUT2D eigenvalue weighted by molar-refractivity contribution is -0.384. The molecule has 1 fully saturated rings. The number of nitrogens with zero attached hydrogens (tertiary/aromatic N) is 4. The Morgan fingerprint density at radius 2 is 1.91 bits per heavy atom. The van der Waals surface area contributed by atoms with Crippen molar-refractivity contribution in [3.63, 3.8) is 0 Å². The summed E-state index contributed by atoms with van der Waals surface area (Å²) in [6.45, 7) is 0.399. The molecule has 4 rings (SSSR count). The predicted octanol–water partition coefficient (Wildman–Crippen LogP) is 3.66. The molecule has 1 unspecified atom stereocenters. The molecule has 0 bridgehead atoms. The molecule has 0 aliphatic carbocycles. The van der Waals surface area contributed by atoms with Gasteiger partial charge in [-0.2, -0.15) is 0 Å². The number of non-ortho nitro benzene ring substituents is 1. The van der Waals surface area contributed by atoms with Crippen molar-refractivity contribution in [3.05, 3.63) is 73.7 Å². The number of amides is 2. The maximum absolute atomic E-state index is 12.7. The van der Waals surface area contributed by atoms with Crippen LogP contribution in [0.4, 0.5) is 16.5 Å². The Morgan fingerprint density at radius 1 is 1.21 bits per heavy atom. The Kier molecular flexibility index (Phi) is 6.52. The minimum absolute atomic E-state index is 0.0694. The van der Waals surface area contributed by atoms with Crippen molar-refractivity contribution in [1.29, 1.82) is 0 Å². The first-order valence-corrected chi connectivity index (χ1v) is 11.0. The van der Waals surface area contributed by atoms with E-state index in [2.05, 4.69) is 20.3 Å². The number of nitro groups is 1. The number of anilines is 2. The van der Waals surface area contributed by atoms with Crippen molar-refractivity contribution in [2.45, 2.75) is 12.3 Å². The molecule has 1 aromatic heterocycles. The van der Waals surface area contributed by atoms with Gasteiger partial charge in [-0.3, -0.25) is 25.0 Å². The number of aromatic nitrogens is 2. The first-order valence-electron chi connectivity index (χ1n) is 9.83. The second kappa shape index (κ2) is 9.53. The van der Waals surface area contributed by atoms with Gasteiger partial charge in [0.2, 0.25) is 11.0 Å². The molecule has 1 saturated heterocycles. The van der Waals surface area contributed by atoms with E-state index in [4.69, 9.17) is 11.6 Å². The standard InChI is InChI=1S/C21H16ClN5O6S/c1-33-20(30)12-6-11(7-16(8-12)27(31)32)18(29)23-21-25-24-19(34-21)13-9-17(28)26(10-13)15-4-2-14(22)3-5-15/h2-8,13H,9-10H2,1H3,(H,23,25,29). The van der Waals surface area contributed by atoms with Gasteiger partial charge >= 0.3 is 5.97 Å². The van der Waals surface area contributed by atoms with Crippen LogP contribution in [-0.4, -0.2) is 46.6 Å². The lowest BCUT2D eigenvalue weighted by Gasteiger charge is -2.16. The third kappa shape index (κ3) is 4.87. The van der Waals surface area contributed by atoms with Crippen LogP contribution in [0.5, 0.6) is 0 Å². The monoisotopic (exact) mass is 501 g/mol. The molecular formula is C21H16ClN5O6S. The summed E-state index contributed by atoms with van der Waals surface area (Å²) in [5.74, 6) is -1.80. The molecule has 0 saturated carbocycles. The molecule has 1 aliphatic rings. The maximum atomic E-state index is 12.7. The number of nitrogens with one attached hydrogen (secondary N) is 1. The van der Waals surface area contributed by atoms with Crippen LogP contribution in [0, 0.1) is 10.1 Å². The molecule has 0 radical (unpaired) electrons. The van der Waals surface area contributed by atoms with E-state index in [9.17, 15) is 24.5 Å². The first-order chi connectivity index (χ1) is 16.2. The normalized spacial score (nSPS) is 15.3. The van der Waals surface area contributed by atoms with Crippen LogP contribution in [0.3, 0.4) is 0 Å². The third-order valence-electron chi connectivity index (χ3n) is 5.09. The summed E-state index contributed by atoms with van der Waals surface area (Å²) in [6.07, 6.45) is 0.235. The maximum Gasteiger partial charge on any atom is 0.338 e. The molecule has 1 N–H and O–H groups in total. The van der Waals surface area contributed by atoms with Crippen LogP contribution in [0.2, 0.25) is 5.02 Å². The summed E-state index contributed by atoms with van der Waals surface area (Å²) in [4.78, 5) is 49.1. The van der Waals surface area contributed by atoms with Crippen molar-refractivity contribution in [2.75, 3.05) is 23.9 Å². The second-order valence-electron chi connectivity index (χ2n) is 7.30. The Labute approximate surface area is 201 Å². The fraction of sp³-hybridized carbons (Fsp3) is 0.190. The summed E-state index contributed by atoms with van der Waals surface area (Å²) in [5.41, 5.74) is 0.0441. The quantitative estimate of drug-likeness (QED) is 0.306. The Balaban J connectivity index is 1.49. The molecule has 34 heavy (non-hydrogen) atoms. The van der Waals surface area contributed by atoms with E-state index in [1.54, 1.807) is 29.2 Å². The topological polar surface area (TPSA) is 145 Å². The molecule has 2 heterocycles. The lowest BCUT2D eigenvalue weighted by Crippen LogP contribution is -2.24. The van der Waals surface area contributed by atoms with E-state index in [0.29, 0.717) is 16.6 Å². The number of esters is 1. The van der Waals surface area contributed by atoms with Crippen LogP contribution in [-0.2, 0) is 9.53 Å². The second-order valence-corrected chi connectivity index (χ2v) is 8.74. The molecule has 13 heteroatoms. The number of halogens is 1. The van der Waals surface area contributed by atoms with Gasteiger partial charge in [0.1, 0.15) is 5.01 Å². The van der Waals surface area contributed by atoms with Gasteiger partial charge in [-0.05, 0) is 30.3 Å². The van der Waals surface area contributed by atoms with E-state index >= 15 is 0 Å². The zero-order chi connectivity index (χ0) is 24.4. The van der Waals surface area contributed by atoms with Crippen LogP contribution in [0.15, 0.2) is 42.5 Å². The zero-order valence-electron chi connectivity index (χ0n) is 17.6. The summed E-state index contributed by atoms with van der Waals surface area (Å²) in [6, 6.07) is 10.2. The molecule has 3 aromatic rings.